The van der Waals surface area contributed by atoms with Crippen LogP contribution < -0.4 is 5.19 Å². The van der Waals surface area contributed by atoms with E-state index in [0.29, 0.717) is 17.9 Å². The number of ketones is 1. The lowest BCUT2D eigenvalue weighted by Crippen LogP contribution is -2.54. The Labute approximate surface area is 336 Å². The Kier molecular flexibility index (Phi) is 12.3. The van der Waals surface area contributed by atoms with Gasteiger partial charge in [-0.2, -0.15) is 0 Å². The molecular formula is C48H57N4O3Si-. The number of aliphatic imine (C=N–C) groups is 1. The normalized spacial score (nSPS) is 15.6. The third-order valence-electron chi connectivity index (χ3n) is 11.0. The molecule has 1 aliphatic heterocycles. The zero-order chi connectivity index (χ0) is 41.2. The molecule has 56 heavy (non-hydrogen) atoms. The molecule has 0 bridgehead atoms. The van der Waals surface area contributed by atoms with Gasteiger partial charge >= 0.3 is 0 Å². The van der Waals surface area contributed by atoms with Gasteiger partial charge in [-0.25, -0.2) is 4.85 Å². The van der Waals surface area contributed by atoms with E-state index in [-0.39, 0.29) is 23.9 Å². The molecule has 0 N–H and O–H groups in total. The van der Waals surface area contributed by atoms with Crippen LogP contribution in [0.2, 0.25) is 18.1 Å². The molecule has 2 aliphatic carbocycles. The molecule has 1 heterocycles. The molecule has 2 aromatic carbocycles. The van der Waals surface area contributed by atoms with E-state index in [1.165, 1.54) is 10.2 Å². The van der Waals surface area contributed by atoms with Gasteiger partial charge in [0.15, 0.2) is 11.5 Å². The zero-order valence-corrected chi connectivity index (χ0v) is 36.3. The number of carbonyl (C=O) groups is 1. The molecule has 292 valence electrons. The number of hydroxylamine groups is 4. The Morgan fingerprint density at radius 2 is 1.55 bits per heavy atom. The number of carbonyl (C=O) groups excluding carboxylic acids is 1. The summed E-state index contributed by atoms with van der Waals surface area (Å²) in [5.74, 6) is 7.21. The van der Waals surface area contributed by atoms with Gasteiger partial charge in [-0.15, -0.1) is 5.06 Å². The van der Waals surface area contributed by atoms with Crippen molar-refractivity contribution >= 4 is 31.0 Å². The summed E-state index contributed by atoms with van der Waals surface area (Å²) in [6, 6.07) is 25.5. The van der Waals surface area contributed by atoms with Crippen molar-refractivity contribution in [1.82, 2.24) is 10.1 Å². The number of rotatable bonds is 9. The summed E-state index contributed by atoms with van der Waals surface area (Å²) in [5, 5.41) is 18.2. The Hall–Kier alpha value is -4.83. The largest absolute Gasteiger partial charge is 0.785 e. The van der Waals surface area contributed by atoms with Gasteiger partial charge in [0, 0.05) is 46.9 Å². The fraction of sp³-hybridized carbons (Fsp3) is 0.396. The number of hydrogen-bond acceptors (Lipinski definition) is 6. The van der Waals surface area contributed by atoms with Gasteiger partial charge in [0.05, 0.1) is 21.2 Å². The number of fused-ring (bicyclic) bond motifs is 1. The molecule has 0 radical (unpaired) electrons. The van der Waals surface area contributed by atoms with Gasteiger partial charge in [0.2, 0.25) is 5.70 Å². The molecule has 1 atom stereocenters. The molecule has 0 spiro atoms. The number of nitrogens with zero attached hydrogens (tertiary/aromatic N) is 4. The molecule has 0 saturated carbocycles. The highest BCUT2D eigenvalue weighted by atomic mass is 28.3. The van der Waals surface area contributed by atoms with E-state index >= 15 is 0 Å². The quantitative estimate of drug-likeness (QED) is 0.0558. The van der Waals surface area contributed by atoms with E-state index < -0.39 is 25.2 Å². The van der Waals surface area contributed by atoms with E-state index in [9.17, 15) is 10.0 Å². The van der Waals surface area contributed by atoms with E-state index in [4.69, 9.17) is 11.4 Å². The van der Waals surface area contributed by atoms with Crippen molar-refractivity contribution in [2.45, 2.75) is 117 Å². The second-order valence-corrected chi connectivity index (χ2v) is 23.5. The van der Waals surface area contributed by atoms with Crippen molar-refractivity contribution in [2.75, 3.05) is 6.54 Å². The summed E-state index contributed by atoms with van der Waals surface area (Å²) in [6.45, 7) is 34.9. The number of benzene rings is 2. The smallest absolute Gasteiger partial charge is 0.234 e. The zero-order valence-electron chi connectivity index (χ0n) is 35.3. The van der Waals surface area contributed by atoms with Crippen molar-refractivity contribution < 1.29 is 9.63 Å². The Balaban J connectivity index is 1.70. The first-order valence-electron chi connectivity index (χ1n) is 19.5. The van der Waals surface area contributed by atoms with E-state index in [1.54, 1.807) is 6.21 Å². The maximum atomic E-state index is 13.9. The van der Waals surface area contributed by atoms with Gasteiger partial charge < -0.3 is 15.1 Å². The maximum absolute atomic E-state index is 13.9. The van der Waals surface area contributed by atoms with Gasteiger partial charge in [0.25, 0.3) is 0 Å². The van der Waals surface area contributed by atoms with Gasteiger partial charge in [-0.3, -0.25) is 9.79 Å². The predicted octanol–water partition coefficient (Wildman–Crippen LogP) is 10.8. The third-order valence-corrected chi connectivity index (χ3v) is 16.6. The minimum atomic E-state index is -2.39. The molecule has 5 rings (SSSR count). The average Bonchev–Trinajstić information content (AvgIpc) is 3.55. The Morgan fingerprint density at radius 1 is 0.929 bits per heavy atom. The second-order valence-electron chi connectivity index (χ2n) is 18.2. The van der Waals surface area contributed by atoms with Gasteiger partial charge in [-0.1, -0.05) is 107 Å². The highest BCUT2D eigenvalue weighted by Crippen LogP contribution is 2.52. The van der Waals surface area contributed by atoms with E-state index in [2.05, 4.69) is 94.5 Å². The maximum Gasteiger partial charge on any atom is 0.234 e. The van der Waals surface area contributed by atoms with Crippen LogP contribution in [-0.4, -0.2) is 47.8 Å². The molecule has 2 aromatic rings. The fourth-order valence-corrected chi connectivity index (χ4v) is 9.53. The molecule has 0 amide bonds. The van der Waals surface area contributed by atoms with Crippen molar-refractivity contribution in [3.63, 3.8) is 0 Å². The van der Waals surface area contributed by atoms with Gasteiger partial charge in [-0.05, 0) is 104 Å². The average molecular weight is 766 g/mol. The molecular weight excluding hydrogens is 709 g/mol. The fourth-order valence-electron chi connectivity index (χ4n) is 6.86. The standard InChI is InChI=1S/C48H57N4O3Si/c1-14-37(53)31-50-30-35-22-18-20-33(28-35)26-27-34-21-19-23-36(29-34)44-42(49-11)43(52(55-44)47(5,6)7)41-39-25-17-15-16-24-38(39)40(32-51(54)46(2,3)4)45(41)56(12,13)48(8,9)10/h15-25,28-30,43H,14,31-32H2,1-10,12-13H3/q-1. The summed E-state index contributed by atoms with van der Waals surface area (Å²) >= 11 is 0. The van der Waals surface area contributed by atoms with Crippen LogP contribution >= 0.6 is 0 Å². The lowest BCUT2D eigenvalue weighted by molar-refractivity contribution is -0.157. The van der Waals surface area contributed by atoms with Crippen LogP contribution in [0.5, 0.6) is 0 Å². The van der Waals surface area contributed by atoms with Crippen LogP contribution in [0, 0.1) is 23.6 Å². The first kappa shape index (κ1) is 42.3. The molecule has 0 aromatic heterocycles. The van der Waals surface area contributed by atoms with E-state index in [1.807, 2.05) is 93.4 Å². The molecule has 0 saturated heterocycles. The summed E-state index contributed by atoms with van der Waals surface area (Å²) < 4.78 is 0. The lowest BCUT2D eigenvalue weighted by Gasteiger charge is -2.44. The number of Topliss-reactive ketones (excluding diaryl/α,β-unsaturated/α-hetero) is 1. The Morgan fingerprint density at radius 3 is 2.14 bits per heavy atom. The van der Waals surface area contributed by atoms with Crippen LogP contribution in [0.15, 0.2) is 89.6 Å². The van der Waals surface area contributed by atoms with Gasteiger partial charge in [0.1, 0.15) is 6.04 Å². The third kappa shape index (κ3) is 8.91. The van der Waals surface area contributed by atoms with Crippen LogP contribution in [0.3, 0.4) is 0 Å². The molecule has 1 unspecified atom stereocenters. The minimum Gasteiger partial charge on any atom is -0.785 e. The van der Waals surface area contributed by atoms with Crippen molar-refractivity contribution in [3.05, 3.63) is 135 Å². The number of hydrogen-bond donors (Lipinski definition) is 0. The summed E-state index contributed by atoms with van der Waals surface area (Å²) in [6.07, 6.45) is 2.18. The predicted molar refractivity (Wildman–Crippen MR) is 234 cm³/mol. The van der Waals surface area contributed by atoms with Crippen LogP contribution in [0.1, 0.15) is 115 Å². The highest BCUT2D eigenvalue weighted by molar-refractivity contribution is 6.93. The monoisotopic (exact) mass is 765 g/mol. The van der Waals surface area contributed by atoms with E-state index in [0.717, 1.165) is 44.5 Å². The van der Waals surface area contributed by atoms with Crippen LogP contribution in [0.25, 0.3) is 21.7 Å². The SMILES string of the molecule is [C-]#[N+]C1=C(c2cccc(C#Cc3cccc(C=NCC(=O)CC)c3)c2)ON(C(C)(C)C)C1c1c2cccccc-2c(CN([O-])C(C)(C)C)c1[Si](C)(C)C(C)(C)C. The molecule has 8 heteroatoms. The first-order chi connectivity index (χ1) is 26.2. The molecule has 7 nitrogen and oxygen atoms in total. The highest BCUT2D eigenvalue weighted by Gasteiger charge is 2.50. The summed E-state index contributed by atoms with van der Waals surface area (Å²) in [4.78, 5) is 27.2. The molecule has 3 aliphatic rings. The van der Waals surface area contributed by atoms with Crippen molar-refractivity contribution in [2.24, 2.45) is 4.99 Å². The summed E-state index contributed by atoms with van der Waals surface area (Å²) in [7, 11) is -2.39. The lowest BCUT2D eigenvalue weighted by atomic mass is 9.95. The minimum absolute atomic E-state index is 0.0667. The van der Waals surface area contributed by atoms with Crippen LogP contribution in [-0.2, 0) is 16.2 Å². The van der Waals surface area contributed by atoms with Crippen LogP contribution in [0.4, 0.5) is 0 Å². The van der Waals surface area contributed by atoms with Crippen molar-refractivity contribution in [3.8, 4) is 23.0 Å². The second kappa shape index (κ2) is 16.3. The molecule has 0 fully saturated rings. The topological polar surface area (TPSA) is 72.6 Å². The Bertz CT molecular complexity index is 2230. The first-order valence-corrected chi connectivity index (χ1v) is 22.5. The van der Waals surface area contributed by atoms with Crippen molar-refractivity contribution in [1.29, 1.82) is 0 Å². The summed E-state index contributed by atoms with van der Waals surface area (Å²) in [5.41, 5.74) is 6.89.